The summed E-state index contributed by atoms with van der Waals surface area (Å²) in [7, 11) is 0. The van der Waals surface area contributed by atoms with E-state index in [9.17, 15) is 14.7 Å². The Morgan fingerprint density at radius 1 is 0.950 bits per heavy atom. The molecule has 2 rings (SSSR count). The number of hydrogen-bond donors (Lipinski definition) is 1. The molecule has 20 heavy (non-hydrogen) atoms. The monoisotopic (exact) mass is 270 g/mol. The van der Waals surface area contributed by atoms with Crippen molar-refractivity contribution in [2.24, 2.45) is 0 Å². The summed E-state index contributed by atoms with van der Waals surface area (Å²) in [5.41, 5.74) is 0.902. The Kier molecular flexibility index (Phi) is 4.63. The van der Waals surface area contributed by atoms with Gasteiger partial charge in [-0.3, -0.25) is 4.79 Å². The van der Waals surface area contributed by atoms with Crippen LogP contribution in [0.2, 0.25) is 0 Å². The molecule has 0 radical (unpaired) electrons. The van der Waals surface area contributed by atoms with Crippen molar-refractivity contribution in [3.63, 3.8) is 0 Å². The highest BCUT2D eigenvalue weighted by Crippen LogP contribution is 2.13. The van der Waals surface area contributed by atoms with Gasteiger partial charge in [-0.15, -0.1) is 0 Å². The number of carbonyl (C=O) groups excluding carboxylic acids is 2. The van der Waals surface area contributed by atoms with Gasteiger partial charge in [-0.1, -0.05) is 60.7 Å². The van der Waals surface area contributed by atoms with Crippen LogP contribution in [0, 0.1) is 0 Å². The summed E-state index contributed by atoms with van der Waals surface area (Å²) in [6, 6.07) is 17.0. The molecule has 0 aliphatic carbocycles. The number of Topliss-reactive ketones (excluding diaryl/α,β-unsaturated/α-hetero) is 1. The zero-order chi connectivity index (χ0) is 14.4. The lowest BCUT2D eigenvalue weighted by Gasteiger charge is -2.10. The largest absolute Gasteiger partial charge is 0.455 e. The van der Waals surface area contributed by atoms with Crippen molar-refractivity contribution < 1.29 is 19.4 Å². The predicted octanol–water partition coefficient (Wildman–Crippen LogP) is 2.15. The lowest BCUT2D eigenvalue weighted by molar-refractivity contribution is -0.152. The van der Waals surface area contributed by atoms with E-state index in [1.807, 2.05) is 0 Å². The molecule has 0 aliphatic rings. The van der Waals surface area contributed by atoms with Crippen molar-refractivity contribution >= 4 is 11.8 Å². The van der Waals surface area contributed by atoms with Crippen molar-refractivity contribution in [1.29, 1.82) is 0 Å². The Balaban J connectivity index is 1.91. The normalized spacial score (nSPS) is 11.7. The van der Waals surface area contributed by atoms with Crippen molar-refractivity contribution in [3.05, 3.63) is 71.8 Å². The number of aliphatic hydroxyl groups is 1. The fraction of sp³-hybridized carbons (Fsp3) is 0.125. The lowest BCUT2D eigenvalue weighted by atomic mass is 10.1. The second kappa shape index (κ2) is 6.63. The van der Waals surface area contributed by atoms with Gasteiger partial charge >= 0.3 is 5.97 Å². The second-order valence-corrected chi connectivity index (χ2v) is 4.21. The minimum Gasteiger partial charge on any atom is -0.455 e. The molecule has 0 saturated heterocycles. The van der Waals surface area contributed by atoms with Gasteiger partial charge in [0.1, 0.15) is 0 Å². The first-order valence-corrected chi connectivity index (χ1v) is 6.16. The van der Waals surface area contributed by atoms with Crippen LogP contribution in [-0.4, -0.2) is 23.5 Å². The second-order valence-electron chi connectivity index (χ2n) is 4.21. The maximum absolute atomic E-state index is 11.7. The fourth-order valence-electron chi connectivity index (χ4n) is 1.69. The molecule has 0 bridgehead atoms. The summed E-state index contributed by atoms with van der Waals surface area (Å²) in [6.45, 7) is -0.382. The molecule has 0 heterocycles. The molecule has 102 valence electrons. The van der Waals surface area contributed by atoms with Gasteiger partial charge in [0.25, 0.3) is 0 Å². The van der Waals surface area contributed by atoms with E-state index in [1.54, 1.807) is 60.7 Å². The lowest BCUT2D eigenvalue weighted by Crippen LogP contribution is -2.19. The fourth-order valence-corrected chi connectivity index (χ4v) is 1.69. The van der Waals surface area contributed by atoms with Gasteiger partial charge in [0.2, 0.25) is 0 Å². The Bertz CT molecular complexity index is 578. The summed E-state index contributed by atoms with van der Waals surface area (Å²) >= 11 is 0. The van der Waals surface area contributed by atoms with Crippen molar-refractivity contribution in [2.45, 2.75) is 6.10 Å². The topological polar surface area (TPSA) is 63.6 Å². The molecule has 0 saturated carbocycles. The van der Waals surface area contributed by atoms with Gasteiger partial charge in [-0.2, -0.15) is 0 Å². The van der Waals surface area contributed by atoms with E-state index >= 15 is 0 Å². The smallest absolute Gasteiger partial charge is 0.340 e. The number of carbonyl (C=O) groups is 2. The molecule has 4 heteroatoms. The molecule has 0 aliphatic heterocycles. The number of benzene rings is 2. The van der Waals surface area contributed by atoms with Crippen LogP contribution in [0.3, 0.4) is 0 Å². The van der Waals surface area contributed by atoms with Crippen molar-refractivity contribution in [2.75, 3.05) is 6.61 Å². The molecule has 4 nitrogen and oxygen atoms in total. The van der Waals surface area contributed by atoms with Crippen LogP contribution < -0.4 is 0 Å². The van der Waals surface area contributed by atoms with E-state index in [0.717, 1.165) is 0 Å². The van der Waals surface area contributed by atoms with Gasteiger partial charge in [0, 0.05) is 5.56 Å². The summed E-state index contributed by atoms with van der Waals surface area (Å²) < 4.78 is 4.84. The van der Waals surface area contributed by atoms with Gasteiger partial charge in [-0.25, -0.2) is 4.79 Å². The number of ether oxygens (including phenoxy) is 1. The third-order valence-electron chi connectivity index (χ3n) is 2.78. The van der Waals surface area contributed by atoms with Gasteiger partial charge in [0.05, 0.1) is 0 Å². The summed E-state index contributed by atoms with van der Waals surface area (Å²) in [4.78, 5) is 23.4. The van der Waals surface area contributed by atoms with Crippen LogP contribution in [-0.2, 0) is 9.53 Å². The van der Waals surface area contributed by atoms with Crippen LogP contribution in [0.4, 0.5) is 0 Å². The molecule has 1 atom stereocenters. The Morgan fingerprint density at radius 2 is 1.50 bits per heavy atom. The minimum atomic E-state index is -1.38. The third-order valence-corrected chi connectivity index (χ3v) is 2.78. The maximum Gasteiger partial charge on any atom is 0.340 e. The van der Waals surface area contributed by atoms with E-state index in [2.05, 4.69) is 0 Å². The minimum absolute atomic E-state index is 0.306. The van der Waals surface area contributed by atoms with E-state index in [1.165, 1.54) is 0 Å². The summed E-state index contributed by atoms with van der Waals surface area (Å²) in [5.74, 6) is -1.14. The number of ketones is 1. The zero-order valence-corrected chi connectivity index (χ0v) is 10.7. The van der Waals surface area contributed by atoms with E-state index < -0.39 is 12.1 Å². The van der Waals surface area contributed by atoms with E-state index in [0.29, 0.717) is 11.1 Å². The van der Waals surface area contributed by atoms with Crippen LogP contribution in [0.25, 0.3) is 0 Å². The highest BCUT2D eigenvalue weighted by molar-refractivity contribution is 5.98. The number of hydrogen-bond acceptors (Lipinski definition) is 4. The number of aliphatic hydroxyl groups excluding tert-OH is 1. The van der Waals surface area contributed by atoms with Gasteiger partial charge in [0.15, 0.2) is 18.5 Å². The van der Waals surface area contributed by atoms with Crippen molar-refractivity contribution in [1.82, 2.24) is 0 Å². The summed E-state index contributed by atoms with van der Waals surface area (Å²) in [5, 5.41) is 9.79. The molecule has 1 N–H and O–H groups in total. The summed E-state index contributed by atoms with van der Waals surface area (Å²) in [6.07, 6.45) is -1.38. The predicted molar refractivity (Wildman–Crippen MR) is 73.1 cm³/mol. The first-order chi connectivity index (χ1) is 9.68. The first-order valence-electron chi connectivity index (χ1n) is 6.16. The highest BCUT2D eigenvalue weighted by atomic mass is 16.5. The first kappa shape index (κ1) is 14.0. The van der Waals surface area contributed by atoms with Crippen molar-refractivity contribution in [3.8, 4) is 0 Å². The maximum atomic E-state index is 11.7. The molecule has 2 aromatic carbocycles. The van der Waals surface area contributed by atoms with Crippen LogP contribution >= 0.6 is 0 Å². The highest BCUT2D eigenvalue weighted by Gasteiger charge is 2.19. The van der Waals surface area contributed by atoms with Crippen LogP contribution in [0.15, 0.2) is 60.7 Å². The SMILES string of the molecule is O=C(COC(=O)C(O)c1ccccc1)c1ccccc1. The van der Waals surface area contributed by atoms with E-state index in [4.69, 9.17) is 4.74 Å². The molecule has 2 aromatic rings. The van der Waals surface area contributed by atoms with Crippen LogP contribution in [0.5, 0.6) is 0 Å². The molecule has 0 fully saturated rings. The Morgan fingerprint density at radius 3 is 2.10 bits per heavy atom. The molecule has 0 spiro atoms. The Hall–Kier alpha value is -2.46. The number of esters is 1. The standard InChI is InChI=1S/C16H14O4/c17-14(12-7-3-1-4-8-12)11-20-16(19)15(18)13-9-5-2-6-10-13/h1-10,15,18H,11H2. The quantitative estimate of drug-likeness (QED) is 0.668. The molecule has 0 amide bonds. The average Bonchev–Trinajstić information content (AvgIpc) is 2.53. The molecule has 1 unspecified atom stereocenters. The average molecular weight is 270 g/mol. The van der Waals surface area contributed by atoms with Crippen LogP contribution in [0.1, 0.15) is 22.0 Å². The number of rotatable bonds is 5. The third kappa shape index (κ3) is 3.52. The molecule has 0 aromatic heterocycles. The Labute approximate surface area is 116 Å². The van der Waals surface area contributed by atoms with Gasteiger partial charge in [-0.05, 0) is 5.56 Å². The molecular weight excluding hydrogens is 256 g/mol. The zero-order valence-electron chi connectivity index (χ0n) is 10.7. The molecular formula is C16H14O4. The van der Waals surface area contributed by atoms with Gasteiger partial charge < -0.3 is 9.84 Å². The van der Waals surface area contributed by atoms with E-state index in [-0.39, 0.29) is 12.4 Å².